The van der Waals surface area contributed by atoms with Gasteiger partial charge in [0.2, 0.25) is 17.7 Å². The van der Waals surface area contributed by atoms with Crippen LogP contribution in [0.1, 0.15) is 73.1 Å². The number of aromatic hydroxyl groups is 1. The fraction of sp³-hybridized carbons (Fsp3) is 0.463. The number of amides is 4. The first kappa shape index (κ1) is 39.4. The van der Waals surface area contributed by atoms with Crippen LogP contribution in [0.25, 0.3) is 22.5 Å². The third-order valence-corrected chi connectivity index (χ3v) is 13.0. The number of halogens is 3. The molecule has 3 N–H and O–H groups in total. The molecule has 5 aromatic rings. The number of phenolic OH excluding ortho intramolecular Hbond substituents is 1. The first-order chi connectivity index (χ1) is 28.9. The van der Waals surface area contributed by atoms with Crippen molar-refractivity contribution in [2.75, 3.05) is 55.6 Å². The van der Waals surface area contributed by atoms with Crippen LogP contribution in [0.5, 0.6) is 5.75 Å². The number of aryl methyl sites for hydroxylation is 2. The van der Waals surface area contributed by atoms with Crippen LogP contribution in [-0.4, -0.2) is 104 Å². The molecule has 3 aliphatic carbocycles. The Kier molecular flexibility index (Phi) is 10.2. The lowest BCUT2D eigenvalue weighted by molar-refractivity contribution is -0.120. The van der Waals surface area contributed by atoms with Crippen molar-refractivity contribution in [2.24, 2.45) is 12.5 Å². The smallest absolute Gasteiger partial charge is 0.329 e. The molecule has 3 saturated carbocycles. The molecule has 2 bridgehead atoms. The summed E-state index contributed by atoms with van der Waals surface area (Å²) in [4.78, 5) is 57.0. The first-order valence-electron chi connectivity index (χ1n) is 20.3. The van der Waals surface area contributed by atoms with Crippen molar-refractivity contribution in [3.63, 3.8) is 0 Å². The lowest BCUT2D eigenvalue weighted by atomic mass is 9.53. The Hall–Kier alpha value is -6.11. The minimum Gasteiger partial charge on any atom is -0.503 e. The van der Waals surface area contributed by atoms with Gasteiger partial charge in [-0.25, -0.2) is 23.5 Å². The normalized spacial score (nSPS) is 22.1. The van der Waals surface area contributed by atoms with Gasteiger partial charge >= 0.3 is 6.03 Å². The molecule has 10 rings (SSSR count). The number of nitrogens with zero attached hydrogens (tertiary/aromatic N) is 9. The van der Waals surface area contributed by atoms with Gasteiger partial charge in [0.15, 0.2) is 29.0 Å². The largest absolute Gasteiger partial charge is 0.503 e. The highest BCUT2D eigenvalue weighted by Crippen LogP contribution is 2.57. The van der Waals surface area contributed by atoms with E-state index in [1.807, 2.05) is 13.1 Å². The van der Waals surface area contributed by atoms with Crippen molar-refractivity contribution in [2.45, 2.75) is 63.2 Å². The summed E-state index contributed by atoms with van der Waals surface area (Å²) in [5.74, 6) is -5.36. The van der Waals surface area contributed by atoms with E-state index in [2.05, 4.69) is 47.8 Å². The zero-order chi connectivity index (χ0) is 41.8. The van der Waals surface area contributed by atoms with Crippen molar-refractivity contribution >= 4 is 40.5 Å². The molecule has 3 aromatic heterocycles. The van der Waals surface area contributed by atoms with Gasteiger partial charge in [0.1, 0.15) is 5.69 Å². The predicted molar refractivity (Wildman–Crippen MR) is 211 cm³/mol. The van der Waals surface area contributed by atoms with Crippen LogP contribution in [0, 0.1) is 22.9 Å². The number of hydrogen-bond donors (Lipinski definition) is 3. The SMILES string of the molecule is Cn1nc(N2CCC(=O)NC2=O)c2ccc(CCCN3CCN(c4nccc(-c5nc(C67CCC(CNC(=O)c8cc(F)c(O)c(F)c8F)(CC6)CC7)no5)n4)CC3)cc21. The van der Waals surface area contributed by atoms with Crippen LogP contribution in [-0.2, 0) is 23.7 Å². The van der Waals surface area contributed by atoms with E-state index in [9.17, 15) is 32.7 Å². The number of benzene rings is 2. The molecule has 0 unspecified atom stereocenters. The number of urea groups is 1. The summed E-state index contributed by atoms with van der Waals surface area (Å²) >= 11 is 0. The van der Waals surface area contributed by atoms with Gasteiger partial charge in [-0.1, -0.05) is 11.2 Å². The molecule has 16 nitrogen and oxygen atoms in total. The number of rotatable bonds is 11. The van der Waals surface area contributed by atoms with Crippen molar-refractivity contribution < 1.29 is 37.2 Å². The zero-order valence-electron chi connectivity index (χ0n) is 33.0. The monoisotopic (exact) mass is 827 g/mol. The number of nitrogens with one attached hydrogen (secondary N) is 2. The standard InChI is InChI=1S/C41H44F3N11O5/c1-52-29-21-24(4-5-25(29)34(50-52)55-16-7-30(56)48-39(55)59)3-2-15-53-17-19-54(20-18-53)38-45-14-6-28(47-38)36-49-37(51-60-36)41-11-8-40(9-12-41,10-13-41)23-46-35(58)26-22-27(42)33(57)32(44)31(26)43/h4-6,14,21-22,57H,2-3,7-13,15-20,23H2,1H3,(H,46,58)(H,48,56,59). The minimum atomic E-state index is -1.79. The summed E-state index contributed by atoms with van der Waals surface area (Å²) in [6.45, 7) is 4.72. The fourth-order valence-corrected chi connectivity index (χ4v) is 9.22. The number of aromatic nitrogens is 6. The third-order valence-electron chi connectivity index (χ3n) is 13.0. The van der Waals surface area contributed by atoms with Gasteiger partial charge in [-0.3, -0.25) is 29.4 Å². The number of fused-ring (bicyclic) bond motifs is 4. The highest BCUT2D eigenvalue weighted by atomic mass is 19.2. The van der Waals surface area contributed by atoms with Gasteiger partial charge in [0.25, 0.3) is 11.8 Å². The van der Waals surface area contributed by atoms with Crippen molar-refractivity contribution in [1.29, 1.82) is 0 Å². The fourth-order valence-electron chi connectivity index (χ4n) is 9.22. The molecule has 2 aliphatic heterocycles. The van der Waals surface area contributed by atoms with Crippen LogP contribution >= 0.6 is 0 Å². The Bertz CT molecular complexity index is 2480. The molecule has 0 radical (unpaired) electrons. The number of piperazine rings is 1. The summed E-state index contributed by atoms with van der Waals surface area (Å²) in [7, 11) is 1.86. The zero-order valence-corrected chi connectivity index (χ0v) is 33.0. The highest BCUT2D eigenvalue weighted by molar-refractivity contribution is 6.08. The Morgan fingerprint density at radius 3 is 2.48 bits per heavy atom. The molecular formula is C41H44F3N11O5. The molecule has 0 atom stereocenters. The molecule has 0 spiro atoms. The number of anilines is 2. The van der Waals surface area contributed by atoms with E-state index in [4.69, 9.17) is 14.5 Å². The molecule has 19 heteroatoms. The number of imide groups is 1. The first-order valence-corrected chi connectivity index (χ1v) is 20.3. The second-order valence-electron chi connectivity index (χ2n) is 16.5. The Morgan fingerprint density at radius 2 is 1.73 bits per heavy atom. The molecule has 5 fully saturated rings. The molecule has 60 heavy (non-hydrogen) atoms. The summed E-state index contributed by atoms with van der Waals surface area (Å²) in [5, 5.41) is 24.2. The quantitative estimate of drug-likeness (QED) is 0.155. The minimum absolute atomic E-state index is 0.223. The average molecular weight is 828 g/mol. The number of hydrogen-bond acceptors (Lipinski definition) is 12. The lowest BCUT2D eigenvalue weighted by Crippen LogP contribution is -2.49. The molecule has 2 aromatic carbocycles. The lowest BCUT2D eigenvalue weighted by Gasteiger charge is -2.52. The van der Waals surface area contributed by atoms with Gasteiger partial charge in [0.05, 0.1) is 11.1 Å². The second-order valence-corrected chi connectivity index (χ2v) is 16.5. The third kappa shape index (κ3) is 7.28. The maximum Gasteiger partial charge on any atom is 0.329 e. The van der Waals surface area contributed by atoms with Gasteiger partial charge in [0, 0.05) is 69.7 Å². The molecule has 5 aliphatic rings. The molecule has 314 valence electrons. The van der Waals surface area contributed by atoms with E-state index < -0.39 is 40.7 Å². The van der Waals surface area contributed by atoms with E-state index in [1.54, 1.807) is 16.9 Å². The van der Waals surface area contributed by atoms with Gasteiger partial charge in [-0.2, -0.15) is 14.5 Å². The molecule has 2 saturated heterocycles. The van der Waals surface area contributed by atoms with Gasteiger partial charge in [-0.05, 0) is 93.2 Å². The van der Waals surface area contributed by atoms with Crippen molar-refractivity contribution in [3.05, 3.63) is 70.9 Å². The number of phenols is 1. The van der Waals surface area contributed by atoms with Crippen molar-refractivity contribution in [1.82, 2.24) is 45.4 Å². The van der Waals surface area contributed by atoms with Crippen molar-refractivity contribution in [3.8, 4) is 17.3 Å². The summed E-state index contributed by atoms with van der Waals surface area (Å²) in [6, 6.07) is 8.02. The van der Waals surface area contributed by atoms with E-state index in [-0.39, 0.29) is 29.7 Å². The molecule has 4 amide bonds. The van der Waals surface area contributed by atoms with Crippen LogP contribution in [0.15, 0.2) is 41.1 Å². The number of carbonyl (C=O) groups excluding carboxylic acids is 3. The highest BCUT2D eigenvalue weighted by Gasteiger charge is 2.51. The average Bonchev–Trinajstić information content (AvgIpc) is 3.90. The van der Waals surface area contributed by atoms with E-state index in [0.717, 1.165) is 95.0 Å². The Morgan fingerprint density at radius 1 is 0.967 bits per heavy atom. The van der Waals surface area contributed by atoms with E-state index in [0.29, 0.717) is 41.8 Å². The summed E-state index contributed by atoms with van der Waals surface area (Å²) < 4.78 is 49.5. The Balaban J connectivity index is 0.758. The maximum absolute atomic E-state index is 14.3. The van der Waals surface area contributed by atoms with Crippen LogP contribution in [0.3, 0.4) is 0 Å². The van der Waals surface area contributed by atoms with Gasteiger partial charge in [-0.15, -0.1) is 0 Å². The van der Waals surface area contributed by atoms with Gasteiger partial charge < -0.3 is 19.8 Å². The van der Waals surface area contributed by atoms with E-state index in [1.165, 1.54) is 10.5 Å². The van der Waals surface area contributed by atoms with Crippen LogP contribution in [0.2, 0.25) is 0 Å². The molecule has 5 heterocycles. The van der Waals surface area contributed by atoms with E-state index >= 15 is 0 Å². The topological polar surface area (TPSA) is 188 Å². The second kappa shape index (κ2) is 15.5. The van der Waals surface area contributed by atoms with Crippen LogP contribution in [0.4, 0.5) is 29.7 Å². The van der Waals surface area contributed by atoms with Crippen LogP contribution < -0.4 is 20.4 Å². The number of carbonyl (C=O) groups is 3. The summed E-state index contributed by atoms with van der Waals surface area (Å²) in [6.07, 6.45) is 8.31. The maximum atomic E-state index is 14.3. The molecular weight excluding hydrogens is 784 g/mol. The Labute approximate surface area is 342 Å². The predicted octanol–water partition coefficient (Wildman–Crippen LogP) is 4.76. The summed E-state index contributed by atoms with van der Waals surface area (Å²) in [5.41, 5.74) is 1.34.